The van der Waals surface area contributed by atoms with Crippen LogP contribution in [0.2, 0.25) is 0 Å². The summed E-state index contributed by atoms with van der Waals surface area (Å²) in [5, 5.41) is 2.89. The number of carbonyl (C=O) groups excluding carboxylic acids is 1. The summed E-state index contributed by atoms with van der Waals surface area (Å²) in [7, 11) is 1.60. The molecule has 0 bridgehead atoms. The standard InChI is InChI=1S/C12H15NO2/c1-12(2)7-13-11(14)9-6-8(15-3)4-5-10(9)12/h4-6H,7H2,1-3H3,(H,13,14). The van der Waals surface area contributed by atoms with E-state index in [1.807, 2.05) is 12.1 Å². The van der Waals surface area contributed by atoms with E-state index in [0.29, 0.717) is 6.54 Å². The van der Waals surface area contributed by atoms with Crippen LogP contribution < -0.4 is 10.1 Å². The van der Waals surface area contributed by atoms with Crippen molar-refractivity contribution in [3.63, 3.8) is 0 Å². The van der Waals surface area contributed by atoms with Crippen LogP contribution in [0.15, 0.2) is 18.2 Å². The van der Waals surface area contributed by atoms with Crippen molar-refractivity contribution in [2.24, 2.45) is 0 Å². The summed E-state index contributed by atoms with van der Waals surface area (Å²) in [4.78, 5) is 11.7. The Kier molecular flexibility index (Phi) is 2.18. The molecule has 80 valence electrons. The monoisotopic (exact) mass is 205 g/mol. The minimum absolute atomic E-state index is 0.00445. The molecular formula is C12H15NO2. The molecule has 0 unspecified atom stereocenters. The van der Waals surface area contributed by atoms with Gasteiger partial charge in [-0.1, -0.05) is 19.9 Å². The Bertz CT molecular complexity index is 410. The highest BCUT2D eigenvalue weighted by Gasteiger charge is 2.31. The normalized spacial score (nSPS) is 17.9. The van der Waals surface area contributed by atoms with Gasteiger partial charge in [-0.05, 0) is 17.7 Å². The van der Waals surface area contributed by atoms with Crippen LogP contribution in [0.25, 0.3) is 0 Å². The molecule has 0 spiro atoms. The van der Waals surface area contributed by atoms with Crippen molar-refractivity contribution in [3.8, 4) is 5.75 Å². The number of ether oxygens (including phenoxy) is 1. The number of nitrogens with one attached hydrogen (secondary N) is 1. The van der Waals surface area contributed by atoms with E-state index in [0.717, 1.165) is 16.9 Å². The van der Waals surface area contributed by atoms with Gasteiger partial charge >= 0.3 is 0 Å². The number of fused-ring (bicyclic) bond motifs is 1. The van der Waals surface area contributed by atoms with Gasteiger partial charge in [-0.2, -0.15) is 0 Å². The first-order chi connectivity index (χ1) is 7.04. The second kappa shape index (κ2) is 3.26. The van der Waals surface area contributed by atoms with Crippen LogP contribution in [-0.2, 0) is 5.41 Å². The van der Waals surface area contributed by atoms with Gasteiger partial charge in [-0.3, -0.25) is 4.79 Å². The minimum Gasteiger partial charge on any atom is -0.497 e. The molecule has 3 heteroatoms. The highest BCUT2D eigenvalue weighted by atomic mass is 16.5. The second-order valence-electron chi connectivity index (χ2n) is 4.48. The van der Waals surface area contributed by atoms with Gasteiger partial charge in [0.05, 0.1) is 7.11 Å². The number of rotatable bonds is 1. The van der Waals surface area contributed by atoms with Crippen LogP contribution in [0.5, 0.6) is 5.75 Å². The maximum atomic E-state index is 11.7. The Labute approximate surface area is 89.4 Å². The van der Waals surface area contributed by atoms with Gasteiger partial charge in [0.15, 0.2) is 0 Å². The zero-order valence-electron chi connectivity index (χ0n) is 9.26. The van der Waals surface area contributed by atoms with Crippen molar-refractivity contribution >= 4 is 5.91 Å². The lowest BCUT2D eigenvalue weighted by atomic mass is 9.79. The molecular weight excluding hydrogens is 190 g/mol. The molecule has 0 saturated carbocycles. The summed E-state index contributed by atoms with van der Waals surface area (Å²) in [6.45, 7) is 4.93. The van der Waals surface area contributed by atoms with Crippen LogP contribution in [0.3, 0.4) is 0 Å². The Morgan fingerprint density at radius 2 is 2.13 bits per heavy atom. The summed E-state index contributed by atoms with van der Waals surface area (Å²) in [6, 6.07) is 5.68. The van der Waals surface area contributed by atoms with Gasteiger partial charge in [0, 0.05) is 17.5 Å². The number of benzene rings is 1. The van der Waals surface area contributed by atoms with Gasteiger partial charge in [0.2, 0.25) is 0 Å². The number of methoxy groups -OCH3 is 1. The molecule has 0 atom stereocenters. The van der Waals surface area contributed by atoms with Gasteiger partial charge < -0.3 is 10.1 Å². The highest BCUT2D eigenvalue weighted by molar-refractivity contribution is 5.97. The molecule has 1 heterocycles. The lowest BCUT2D eigenvalue weighted by Gasteiger charge is -2.32. The summed E-state index contributed by atoms with van der Waals surface area (Å²) >= 11 is 0. The lowest BCUT2D eigenvalue weighted by Crippen LogP contribution is -2.43. The van der Waals surface area contributed by atoms with Crippen LogP contribution in [0, 0.1) is 0 Å². The van der Waals surface area contributed by atoms with Crippen molar-refractivity contribution in [3.05, 3.63) is 29.3 Å². The average molecular weight is 205 g/mol. The number of hydrogen-bond acceptors (Lipinski definition) is 2. The largest absolute Gasteiger partial charge is 0.497 e. The fraction of sp³-hybridized carbons (Fsp3) is 0.417. The summed E-state index contributed by atoms with van der Waals surface area (Å²) in [5.41, 5.74) is 1.81. The van der Waals surface area contributed by atoms with Gasteiger partial charge in [0.1, 0.15) is 5.75 Å². The van der Waals surface area contributed by atoms with Crippen molar-refractivity contribution in [2.45, 2.75) is 19.3 Å². The van der Waals surface area contributed by atoms with Gasteiger partial charge in [0.25, 0.3) is 5.91 Å². The predicted molar refractivity (Wildman–Crippen MR) is 58.4 cm³/mol. The van der Waals surface area contributed by atoms with Crippen molar-refractivity contribution in [2.75, 3.05) is 13.7 Å². The Morgan fingerprint density at radius 1 is 1.40 bits per heavy atom. The maximum absolute atomic E-state index is 11.7. The molecule has 1 N–H and O–H groups in total. The van der Waals surface area contributed by atoms with Crippen LogP contribution >= 0.6 is 0 Å². The van der Waals surface area contributed by atoms with E-state index in [4.69, 9.17) is 4.74 Å². The molecule has 2 rings (SSSR count). The first kappa shape index (κ1) is 10.0. The summed E-state index contributed by atoms with van der Waals surface area (Å²) < 4.78 is 5.12. The first-order valence-corrected chi connectivity index (χ1v) is 5.01. The number of hydrogen-bond donors (Lipinski definition) is 1. The molecule has 1 aliphatic heterocycles. The first-order valence-electron chi connectivity index (χ1n) is 5.01. The molecule has 0 aromatic heterocycles. The van der Waals surface area contributed by atoms with Crippen LogP contribution in [0.4, 0.5) is 0 Å². The fourth-order valence-corrected chi connectivity index (χ4v) is 1.92. The zero-order chi connectivity index (χ0) is 11.1. The van der Waals surface area contributed by atoms with E-state index in [-0.39, 0.29) is 11.3 Å². The van der Waals surface area contributed by atoms with Crippen LogP contribution in [-0.4, -0.2) is 19.6 Å². The number of carbonyl (C=O) groups is 1. The second-order valence-corrected chi connectivity index (χ2v) is 4.48. The Hall–Kier alpha value is -1.51. The zero-order valence-corrected chi connectivity index (χ0v) is 9.26. The van der Waals surface area contributed by atoms with E-state index >= 15 is 0 Å². The fourth-order valence-electron chi connectivity index (χ4n) is 1.92. The van der Waals surface area contributed by atoms with E-state index in [1.165, 1.54) is 0 Å². The quantitative estimate of drug-likeness (QED) is 0.758. The third-order valence-corrected chi connectivity index (χ3v) is 2.89. The summed E-state index contributed by atoms with van der Waals surface area (Å²) in [6.07, 6.45) is 0. The van der Waals surface area contributed by atoms with E-state index in [9.17, 15) is 4.79 Å². The SMILES string of the molecule is COc1ccc2c(c1)C(=O)NCC2(C)C. The molecule has 0 aliphatic carbocycles. The van der Waals surface area contributed by atoms with E-state index < -0.39 is 0 Å². The third-order valence-electron chi connectivity index (χ3n) is 2.89. The smallest absolute Gasteiger partial charge is 0.251 e. The highest BCUT2D eigenvalue weighted by Crippen LogP contribution is 2.31. The average Bonchev–Trinajstić information content (AvgIpc) is 2.23. The molecule has 1 aromatic rings. The molecule has 0 fully saturated rings. The van der Waals surface area contributed by atoms with E-state index in [1.54, 1.807) is 13.2 Å². The van der Waals surface area contributed by atoms with Crippen molar-refractivity contribution < 1.29 is 9.53 Å². The molecule has 0 saturated heterocycles. The maximum Gasteiger partial charge on any atom is 0.251 e. The van der Waals surface area contributed by atoms with Gasteiger partial charge in [-0.15, -0.1) is 0 Å². The lowest BCUT2D eigenvalue weighted by molar-refractivity contribution is 0.0929. The van der Waals surface area contributed by atoms with Crippen molar-refractivity contribution in [1.29, 1.82) is 0 Å². The number of amides is 1. The molecule has 15 heavy (non-hydrogen) atoms. The summed E-state index contributed by atoms with van der Waals surface area (Å²) in [5.74, 6) is 0.713. The molecule has 3 nitrogen and oxygen atoms in total. The van der Waals surface area contributed by atoms with E-state index in [2.05, 4.69) is 19.2 Å². The molecule has 1 aromatic carbocycles. The van der Waals surface area contributed by atoms with Gasteiger partial charge in [-0.25, -0.2) is 0 Å². The molecule has 1 amide bonds. The molecule has 1 aliphatic rings. The Morgan fingerprint density at radius 3 is 2.80 bits per heavy atom. The third kappa shape index (κ3) is 1.58. The van der Waals surface area contributed by atoms with Crippen molar-refractivity contribution in [1.82, 2.24) is 5.32 Å². The minimum atomic E-state index is -0.0109. The predicted octanol–water partition coefficient (Wildman–Crippen LogP) is 1.72. The molecule has 0 radical (unpaired) electrons. The van der Waals surface area contributed by atoms with Crippen LogP contribution in [0.1, 0.15) is 29.8 Å². The Balaban J connectivity index is 2.57. The topological polar surface area (TPSA) is 38.3 Å².